The number of rotatable bonds is 2. The maximum Gasteiger partial charge on any atom is 0.336 e. The summed E-state index contributed by atoms with van der Waals surface area (Å²) in [6.45, 7) is 4.07. The first-order chi connectivity index (χ1) is 7.73. The fraction of sp³-hybridized carbons (Fsp3) is 0.429. The SMILES string of the molecule is CCC1(CC)OC(=O)/C2=C/C=C=CC#CC21. The van der Waals surface area contributed by atoms with Crippen LogP contribution < -0.4 is 0 Å². The van der Waals surface area contributed by atoms with Gasteiger partial charge in [0.15, 0.2) is 0 Å². The van der Waals surface area contributed by atoms with E-state index in [0.717, 1.165) is 12.8 Å². The zero-order valence-electron chi connectivity index (χ0n) is 9.54. The quantitative estimate of drug-likeness (QED) is 0.401. The summed E-state index contributed by atoms with van der Waals surface area (Å²) in [7, 11) is 0. The van der Waals surface area contributed by atoms with Crippen LogP contribution in [-0.4, -0.2) is 11.6 Å². The second-order valence-corrected chi connectivity index (χ2v) is 3.98. The van der Waals surface area contributed by atoms with Crippen molar-refractivity contribution in [2.75, 3.05) is 0 Å². The van der Waals surface area contributed by atoms with Gasteiger partial charge < -0.3 is 4.74 Å². The molecule has 0 bridgehead atoms. The molecule has 1 heterocycles. The van der Waals surface area contributed by atoms with Gasteiger partial charge in [0.25, 0.3) is 0 Å². The molecule has 0 saturated carbocycles. The molecule has 2 heteroatoms. The van der Waals surface area contributed by atoms with Crippen LogP contribution in [0, 0.1) is 17.8 Å². The van der Waals surface area contributed by atoms with Gasteiger partial charge in [-0.05, 0) is 25.0 Å². The number of carbonyl (C=O) groups is 1. The normalized spacial score (nSPS) is 28.0. The Balaban J connectivity index is 2.52. The molecule has 0 spiro atoms. The summed E-state index contributed by atoms with van der Waals surface area (Å²) in [4.78, 5) is 11.8. The second-order valence-electron chi connectivity index (χ2n) is 3.98. The summed E-state index contributed by atoms with van der Waals surface area (Å²) in [6.07, 6.45) is 6.74. The molecule has 2 rings (SSSR count). The first-order valence-corrected chi connectivity index (χ1v) is 5.59. The fourth-order valence-electron chi connectivity index (χ4n) is 2.23. The molecule has 0 N–H and O–H groups in total. The van der Waals surface area contributed by atoms with Crippen molar-refractivity contribution in [1.29, 1.82) is 0 Å². The number of carbonyl (C=O) groups excluding carboxylic acids is 1. The van der Waals surface area contributed by atoms with Crippen LogP contribution in [0.25, 0.3) is 0 Å². The smallest absolute Gasteiger partial charge is 0.336 e. The molecular weight excluding hydrogens is 200 g/mol. The molecule has 1 unspecified atom stereocenters. The zero-order valence-corrected chi connectivity index (χ0v) is 9.54. The maximum atomic E-state index is 11.8. The number of allylic oxidation sites excluding steroid dienone is 2. The predicted molar refractivity (Wildman–Crippen MR) is 61.4 cm³/mol. The number of hydrogen-bond acceptors (Lipinski definition) is 2. The molecule has 1 saturated heterocycles. The highest BCUT2D eigenvalue weighted by Crippen LogP contribution is 2.41. The van der Waals surface area contributed by atoms with Crippen LogP contribution in [0.15, 0.2) is 29.5 Å². The van der Waals surface area contributed by atoms with Gasteiger partial charge in [0.1, 0.15) is 5.60 Å². The molecule has 0 radical (unpaired) electrons. The molecule has 1 atom stereocenters. The average molecular weight is 214 g/mol. The van der Waals surface area contributed by atoms with E-state index in [1.54, 1.807) is 18.2 Å². The monoisotopic (exact) mass is 214 g/mol. The lowest BCUT2D eigenvalue weighted by Gasteiger charge is -2.28. The lowest BCUT2D eigenvalue weighted by molar-refractivity contribution is -0.147. The van der Waals surface area contributed by atoms with Gasteiger partial charge in [-0.2, -0.15) is 0 Å². The maximum absolute atomic E-state index is 11.8. The minimum absolute atomic E-state index is 0.107. The van der Waals surface area contributed by atoms with E-state index in [9.17, 15) is 4.79 Å². The summed E-state index contributed by atoms with van der Waals surface area (Å²) in [5.41, 5.74) is 3.10. The Morgan fingerprint density at radius 1 is 1.44 bits per heavy atom. The second kappa shape index (κ2) is 4.04. The third-order valence-electron chi connectivity index (χ3n) is 3.31. The first kappa shape index (κ1) is 10.8. The van der Waals surface area contributed by atoms with Crippen LogP contribution >= 0.6 is 0 Å². The lowest BCUT2D eigenvalue weighted by Crippen LogP contribution is -2.33. The van der Waals surface area contributed by atoms with E-state index in [0.29, 0.717) is 5.57 Å². The summed E-state index contributed by atoms with van der Waals surface area (Å²) >= 11 is 0. The first-order valence-electron chi connectivity index (χ1n) is 5.59. The number of fused-ring (bicyclic) bond motifs is 1. The van der Waals surface area contributed by atoms with E-state index in [-0.39, 0.29) is 11.9 Å². The van der Waals surface area contributed by atoms with Gasteiger partial charge in [-0.1, -0.05) is 25.7 Å². The van der Waals surface area contributed by atoms with Crippen LogP contribution in [0.1, 0.15) is 26.7 Å². The van der Waals surface area contributed by atoms with Crippen molar-refractivity contribution in [3.63, 3.8) is 0 Å². The molecule has 0 amide bonds. The van der Waals surface area contributed by atoms with Gasteiger partial charge >= 0.3 is 5.97 Å². The molecule has 16 heavy (non-hydrogen) atoms. The van der Waals surface area contributed by atoms with Gasteiger partial charge in [0, 0.05) is 6.08 Å². The summed E-state index contributed by atoms with van der Waals surface area (Å²) in [6, 6.07) is 0. The molecular formula is C14H14O2. The summed E-state index contributed by atoms with van der Waals surface area (Å²) in [5, 5.41) is 0. The van der Waals surface area contributed by atoms with Gasteiger partial charge in [-0.15, -0.1) is 5.73 Å². The minimum Gasteiger partial charge on any atom is -0.454 e. The van der Waals surface area contributed by atoms with Crippen molar-refractivity contribution >= 4 is 5.97 Å². The fourth-order valence-corrected chi connectivity index (χ4v) is 2.23. The number of hydrogen-bond donors (Lipinski definition) is 0. The third kappa shape index (κ3) is 1.50. The van der Waals surface area contributed by atoms with E-state index in [4.69, 9.17) is 4.74 Å². The van der Waals surface area contributed by atoms with Gasteiger partial charge in [-0.25, -0.2) is 4.79 Å². The molecule has 1 fully saturated rings. The predicted octanol–water partition coefficient (Wildman–Crippen LogP) is 2.37. The van der Waals surface area contributed by atoms with Crippen molar-refractivity contribution in [2.24, 2.45) is 5.92 Å². The van der Waals surface area contributed by atoms with Crippen molar-refractivity contribution in [2.45, 2.75) is 32.3 Å². The molecule has 82 valence electrons. The number of ether oxygens (including phenoxy) is 1. The highest BCUT2D eigenvalue weighted by atomic mass is 16.6. The Bertz CT molecular complexity index is 461. The standard InChI is InChI=1S/C14H14O2/c1-3-14(4-2)12-10-8-6-5-7-9-11(12)13(15)16-14/h6-7,9,12H,3-4H2,1-2H3/b11-9+. The van der Waals surface area contributed by atoms with E-state index in [1.165, 1.54) is 0 Å². The van der Waals surface area contributed by atoms with E-state index < -0.39 is 5.60 Å². The molecule has 0 aromatic heterocycles. The Morgan fingerprint density at radius 2 is 2.19 bits per heavy atom. The average Bonchev–Trinajstić information content (AvgIpc) is 2.51. The van der Waals surface area contributed by atoms with E-state index >= 15 is 0 Å². The molecule has 2 aliphatic rings. The summed E-state index contributed by atoms with van der Waals surface area (Å²) in [5.74, 6) is 5.68. The van der Waals surface area contributed by atoms with Crippen LogP contribution in [0.5, 0.6) is 0 Å². The van der Waals surface area contributed by atoms with E-state index in [1.807, 2.05) is 13.8 Å². The highest BCUT2D eigenvalue weighted by molar-refractivity contribution is 5.93. The van der Waals surface area contributed by atoms with Gasteiger partial charge in [-0.3, -0.25) is 0 Å². The highest BCUT2D eigenvalue weighted by Gasteiger charge is 2.49. The van der Waals surface area contributed by atoms with E-state index in [2.05, 4.69) is 17.6 Å². The van der Waals surface area contributed by atoms with Gasteiger partial charge in [0.2, 0.25) is 0 Å². The van der Waals surface area contributed by atoms with Crippen molar-refractivity contribution in [1.82, 2.24) is 0 Å². The Hall–Kier alpha value is -1.71. The number of esters is 1. The Morgan fingerprint density at radius 3 is 2.88 bits per heavy atom. The summed E-state index contributed by atoms with van der Waals surface area (Å²) < 4.78 is 5.53. The molecule has 1 aliphatic heterocycles. The minimum atomic E-state index is -0.436. The molecule has 0 aromatic rings. The molecule has 1 aliphatic carbocycles. The van der Waals surface area contributed by atoms with Crippen LogP contribution in [0.4, 0.5) is 0 Å². The zero-order chi connectivity index (χ0) is 11.6. The number of cyclic esters (lactones) is 1. The molecule has 2 nitrogen and oxygen atoms in total. The van der Waals surface area contributed by atoms with Crippen LogP contribution in [0.3, 0.4) is 0 Å². The van der Waals surface area contributed by atoms with Gasteiger partial charge in [0.05, 0.1) is 11.5 Å². The van der Waals surface area contributed by atoms with Crippen LogP contribution in [-0.2, 0) is 9.53 Å². The lowest BCUT2D eigenvalue weighted by atomic mass is 9.80. The van der Waals surface area contributed by atoms with Crippen molar-refractivity contribution < 1.29 is 9.53 Å². The van der Waals surface area contributed by atoms with Crippen LogP contribution in [0.2, 0.25) is 0 Å². The molecule has 0 aromatic carbocycles. The van der Waals surface area contributed by atoms with Crippen molar-refractivity contribution in [3.05, 3.63) is 29.5 Å². The topological polar surface area (TPSA) is 26.3 Å². The third-order valence-corrected chi connectivity index (χ3v) is 3.31. The largest absolute Gasteiger partial charge is 0.454 e. The van der Waals surface area contributed by atoms with Crippen molar-refractivity contribution in [3.8, 4) is 11.8 Å². The Kier molecular flexibility index (Phi) is 2.73. The Labute approximate surface area is 95.7 Å².